The van der Waals surface area contributed by atoms with Crippen LogP contribution in [0.3, 0.4) is 0 Å². The number of hydrogen-bond acceptors (Lipinski definition) is 5. The van der Waals surface area contributed by atoms with Crippen LogP contribution < -0.4 is 5.73 Å². The standard InChI is InChI=1S/C16H21ClN6O.ClH/c1-11(18)13-3-2-8-22(9-13)15(24)10-23-20-16(19-21-23)12-4-6-14(17)7-5-12;/h4-7,11,13H,2-3,8-10,18H2,1H3;1H. The zero-order chi connectivity index (χ0) is 17.1. The van der Waals surface area contributed by atoms with Gasteiger partial charge in [0.25, 0.3) is 0 Å². The SMILES string of the molecule is CC(N)C1CCCN(C(=O)Cn2nnc(-c3ccc(Cl)cc3)n2)C1.Cl. The summed E-state index contributed by atoms with van der Waals surface area (Å²) in [5.41, 5.74) is 6.79. The highest BCUT2D eigenvalue weighted by Crippen LogP contribution is 2.19. The van der Waals surface area contributed by atoms with Crippen LogP contribution in [-0.4, -0.2) is 50.1 Å². The molecule has 136 valence electrons. The number of rotatable bonds is 4. The highest BCUT2D eigenvalue weighted by atomic mass is 35.5. The molecule has 7 nitrogen and oxygen atoms in total. The third kappa shape index (κ3) is 4.90. The van der Waals surface area contributed by atoms with Gasteiger partial charge in [-0.3, -0.25) is 4.79 Å². The van der Waals surface area contributed by atoms with Crippen molar-refractivity contribution in [3.8, 4) is 11.4 Å². The molecule has 1 aromatic heterocycles. The van der Waals surface area contributed by atoms with Gasteiger partial charge >= 0.3 is 0 Å². The van der Waals surface area contributed by atoms with Crippen molar-refractivity contribution in [3.05, 3.63) is 29.3 Å². The van der Waals surface area contributed by atoms with Crippen LogP contribution >= 0.6 is 24.0 Å². The van der Waals surface area contributed by atoms with Crippen molar-refractivity contribution in [2.24, 2.45) is 11.7 Å². The van der Waals surface area contributed by atoms with E-state index in [-0.39, 0.29) is 30.9 Å². The summed E-state index contributed by atoms with van der Waals surface area (Å²) in [4.78, 5) is 15.7. The van der Waals surface area contributed by atoms with Crippen molar-refractivity contribution in [3.63, 3.8) is 0 Å². The first-order valence-corrected chi connectivity index (χ1v) is 8.48. The number of carbonyl (C=O) groups excluding carboxylic acids is 1. The number of aromatic nitrogens is 4. The van der Waals surface area contributed by atoms with E-state index < -0.39 is 0 Å². The molecule has 25 heavy (non-hydrogen) atoms. The fraction of sp³-hybridized carbons (Fsp3) is 0.500. The number of tetrazole rings is 1. The van der Waals surface area contributed by atoms with Crippen LogP contribution in [-0.2, 0) is 11.3 Å². The van der Waals surface area contributed by atoms with Gasteiger partial charge in [-0.1, -0.05) is 11.6 Å². The van der Waals surface area contributed by atoms with Crippen LogP contribution in [0, 0.1) is 5.92 Å². The molecule has 9 heteroatoms. The van der Waals surface area contributed by atoms with Crippen molar-refractivity contribution in [1.82, 2.24) is 25.1 Å². The minimum Gasteiger partial charge on any atom is -0.341 e. The summed E-state index contributed by atoms with van der Waals surface area (Å²) in [6.07, 6.45) is 2.06. The Balaban J connectivity index is 0.00000225. The lowest BCUT2D eigenvalue weighted by Gasteiger charge is -2.34. The average Bonchev–Trinajstić information content (AvgIpc) is 3.04. The van der Waals surface area contributed by atoms with Gasteiger partial charge in [-0.2, -0.15) is 4.80 Å². The van der Waals surface area contributed by atoms with Gasteiger partial charge in [0.05, 0.1) is 0 Å². The Kier molecular flexibility index (Phi) is 6.75. The van der Waals surface area contributed by atoms with Crippen molar-refractivity contribution >= 4 is 29.9 Å². The topological polar surface area (TPSA) is 89.9 Å². The summed E-state index contributed by atoms with van der Waals surface area (Å²) >= 11 is 5.87. The molecular formula is C16H22Cl2N6O. The molecular weight excluding hydrogens is 363 g/mol. The van der Waals surface area contributed by atoms with Gasteiger partial charge in [0.2, 0.25) is 11.7 Å². The smallest absolute Gasteiger partial charge is 0.246 e. The lowest BCUT2D eigenvalue weighted by molar-refractivity contribution is -0.134. The Bertz CT molecular complexity index is 703. The largest absolute Gasteiger partial charge is 0.341 e. The van der Waals surface area contributed by atoms with E-state index in [0.29, 0.717) is 23.3 Å². The second-order valence-electron chi connectivity index (χ2n) is 6.25. The lowest BCUT2D eigenvalue weighted by Crippen LogP contribution is -2.46. The quantitative estimate of drug-likeness (QED) is 0.870. The molecule has 1 aliphatic rings. The van der Waals surface area contributed by atoms with E-state index in [1.807, 2.05) is 24.0 Å². The predicted molar refractivity (Wildman–Crippen MR) is 98.5 cm³/mol. The van der Waals surface area contributed by atoms with Crippen LogP contribution in [0.4, 0.5) is 0 Å². The van der Waals surface area contributed by atoms with Crippen LogP contribution in [0.15, 0.2) is 24.3 Å². The van der Waals surface area contributed by atoms with Crippen molar-refractivity contribution in [2.45, 2.75) is 32.4 Å². The summed E-state index contributed by atoms with van der Waals surface area (Å²) in [5, 5.41) is 12.9. The molecule has 3 rings (SSSR count). The zero-order valence-electron chi connectivity index (χ0n) is 14.0. The minimum absolute atomic E-state index is 0. The molecule has 0 bridgehead atoms. The van der Waals surface area contributed by atoms with Crippen LogP contribution in [0.5, 0.6) is 0 Å². The Hall–Kier alpha value is -1.70. The number of nitrogens with zero attached hydrogens (tertiary/aromatic N) is 5. The van der Waals surface area contributed by atoms with Gasteiger partial charge in [0, 0.05) is 29.7 Å². The number of halogens is 2. The molecule has 0 radical (unpaired) electrons. The summed E-state index contributed by atoms with van der Waals surface area (Å²) < 4.78 is 0. The fourth-order valence-electron chi connectivity index (χ4n) is 2.91. The highest BCUT2D eigenvalue weighted by molar-refractivity contribution is 6.30. The second-order valence-corrected chi connectivity index (χ2v) is 6.69. The van der Waals surface area contributed by atoms with E-state index in [4.69, 9.17) is 17.3 Å². The third-order valence-corrected chi connectivity index (χ3v) is 4.64. The van der Waals surface area contributed by atoms with Crippen LogP contribution in [0.2, 0.25) is 5.02 Å². The molecule has 2 N–H and O–H groups in total. The van der Waals surface area contributed by atoms with E-state index >= 15 is 0 Å². The van der Waals surface area contributed by atoms with Gasteiger partial charge in [-0.05, 0) is 55.2 Å². The molecule has 1 saturated heterocycles. The maximum atomic E-state index is 12.5. The van der Waals surface area contributed by atoms with E-state index in [2.05, 4.69) is 15.4 Å². The summed E-state index contributed by atoms with van der Waals surface area (Å²) in [6, 6.07) is 7.28. The Morgan fingerprint density at radius 1 is 1.40 bits per heavy atom. The number of carbonyl (C=O) groups is 1. The lowest BCUT2D eigenvalue weighted by atomic mass is 9.92. The monoisotopic (exact) mass is 384 g/mol. The fourth-order valence-corrected chi connectivity index (χ4v) is 3.04. The van der Waals surface area contributed by atoms with Crippen LogP contribution in [0.25, 0.3) is 11.4 Å². The molecule has 0 saturated carbocycles. The maximum Gasteiger partial charge on any atom is 0.246 e. The van der Waals surface area contributed by atoms with Crippen molar-refractivity contribution in [2.75, 3.05) is 13.1 Å². The summed E-state index contributed by atoms with van der Waals surface area (Å²) in [5.74, 6) is 0.836. The summed E-state index contributed by atoms with van der Waals surface area (Å²) in [6.45, 7) is 3.55. The maximum absolute atomic E-state index is 12.5. The molecule has 2 atom stereocenters. The molecule has 0 spiro atoms. The third-order valence-electron chi connectivity index (χ3n) is 4.39. The van der Waals surface area contributed by atoms with Gasteiger partial charge in [0.1, 0.15) is 6.54 Å². The number of likely N-dealkylation sites (tertiary alicyclic amines) is 1. The molecule has 1 amide bonds. The normalized spacial score (nSPS) is 18.5. The number of amides is 1. The molecule has 0 aliphatic carbocycles. The van der Waals surface area contributed by atoms with Crippen LogP contribution in [0.1, 0.15) is 19.8 Å². The molecule has 2 aromatic rings. The molecule has 2 heterocycles. The minimum atomic E-state index is 0. The van der Waals surface area contributed by atoms with Crippen molar-refractivity contribution < 1.29 is 4.79 Å². The highest BCUT2D eigenvalue weighted by Gasteiger charge is 2.26. The summed E-state index contributed by atoms with van der Waals surface area (Å²) in [7, 11) is 0. The zero-order valence-corrected chi connectivity index (χ0v) is 15.6. The van der Waals surface area contributed by atoms with E-state index in [0.717, 1.165) is 24.9 Å². The molecule has 1 aromatic carbocycles. The number of benzene rings is 1. The average molecular weight is 385 g/mol. The number of piperidine rings is 1. The van der Waals surface area contributed by atoms with Gasteiger partial charge in [-0.15, -0.1) is 22.6 Å². The van der Waals surface area contributed by atoms with E-state index in [1.54, 1.807) is 12.1 Å². The van der Waals surface area contributed by atoms with E-state index in [1.165, 1.54) is 4.80 Å². The first-order valence-electron chi connectivity index (χ1n) is 8.10. The molecule has 2 unspecified atom stereocenters. The van der Waals surface area contributed by atoms with Crippen molar-refractivity contribution in [1.29, 1.82) is 0 Å². The number of nitrogens with two attached hydrogens (primary N) is 1. The number of hydrogen-bond donors (Lipinski definition) is 1. The van der Waals surface area contributed by atoms with Gasteiger partial charge < -0.3 is 10.6 Å². The Morgan fingerprint density at radius 3 is 2.80 bits per heavy atom. The first kappa shape index (κ1) is 19.6. The molecule has 1 fully saturated rings. The predicted octanol–water partition coefficient (Wildman–Crippen LogP) is 2.00. The van der Waals surface area contributed by atoms with Gasteiger partial charge in [0.15, 0.2) is 0 Å². The second kappa shape index (κ2) is 8.60. The molecule has 1 aliphatic heterocycles. The Morgan fingerprint density at radius 2 is 2.12 bits per heavy atom. The first-order chi connectivity index (χ1) is 11.5. The Labute approximate surface area is 157 Å². The van der Waals surface area contributed by atoms with Gasteiger partial charge in [-0.25, -0.2) is 0 Å². The van der Waals surface area contributed by atoms with E-state index in [9.17, 15) is 4.79 Å².